The molecule has 0 bridgehead atoms. The zero-order chi connectivity index (χ0) is 47.5. The summed E-state index contributed by atoms with van der Waals surface area (Å²) in [6.07, 6.45) is 0. The summed E-state index contributed by atoms with van der Waals surface area (Å²) < 4.78 is 0. The van der Waals surface area contributed by atoms with Crippen LogP contribution in [0.3, 0.4) is 0 Å². The second-order valence-corrected chi connectivity index (χ2v) is 14.9. The largest absolute Gasteiger partial charge is 0.270 e. The highest BCUT2D eigenvalue weighted by molar-refractivity contribution is 6.14. The van der Waals surface area contributed by atoms with E-state index in [2.05, 4.69) is 43.7 Å². The third-order valence-corrected chi connectivity index (χ3v) is 12.4. The first-order valence-corrected chi connectivity index (χ1v) is 20.8. The molecule has 4 aliphatic rings. The molecule has 4 aromatic rings. The quantitative estimate of drug-likeness (QED) is 0.112. The molecule has 64 heavy (non-hydrogen) atoms. The van der Waals surface area contributed by atoms with E-state index < -0.39 is 0 Å². The summed E-state index contributed by atoms with van der Waals surface area (Å²) in [4.78, 5) is 14.0. The maximum absolute atomic E-state index is 9.73. The average Bonchev–Trinajstić information content (AvgIpc) is 4.02. The number of nitriles is 4. The lowest BCUT2D eigenvalue weighted by Crippen LogP contribution is -2.02. The van der Waals surface area contributed by atoms with Crippen molar-refractivity contribution in [3.05, 3.63) is 195 Å². The molecule has 0 aromatic heterocycles. The summed E-state index contributed by atoms with van der Waals surface area (Å²) in [5.74, 6) is 0. The average molecular weight is 829 g/mol. The third-order valence-electron chi connectivity index (χ3n) is 12.4. The van der Waals surface area contributed by atoms with Crippen molar-refractivity contribution in [2.45, 2.75) is 83.1 Å². The summed E-state index contributed by atoms with van der Waals surface area (Å²) in [6.45, 7) is 54.0. The molecule has 0 heterocycles. The molecular formula is C56H44N8. The maximum atomic E-state index is 9.73. The van der Waals surface area contributed by atoms with E-state index in [9.17, 15) is 21.0 Å². The van der Waals surface area contributed by atoms with Gasteiger partial charge in [0.15, 0.2) is 0 Å². The van der Waals surface area contributed by atoms with E-state index in [1.54, 1.807) is 0 Å². The van der Waals surface area contributed by atoms with Gasteiger partial charge in [0.1, 0.15) is 0 Å². The van der Waals surface area contributed by atoms with E-state index in [-0.39, 0.29) is 22.8 Å². The molecule has 0 saturated heterocycles. The predicted octanol–water partition coefficient (Wildman–Crippen LogP) is 14.9. The van der Waals surface area contributed by atoms with Crippen LogP contribution in [0.25, 0.3) is 75.1 Å². The monoisotopic (exact) mass is 828 g/mol. The van der Waals surface area contributed by atoms with E-state index in [1.165, 1.54) is 0 Å². The van der Waals surface area contributed by atoms with E-state index in [4.69, 9.17) is 26.3 Å². The van der Waals surface area contributed by atoms with Gasteiger partial charge in [-0.2, -0.15) is 0 Å². The van der Waals surface area contributed by atoms with Crippen molar-refractivity contribution in [3.63, 3.8) is 0 Å². The number of hydrogen-bond acceptors (Lipinski definition) is 4. The molecule has 0 atom stereocenters. The fourth-order valence-corrected chi connectivity index (χ4v) is 9.72. The van der Waals surface area contributed by atoms with Crippen LogP contribution in [0.1, 0.15) is 122 Å². The molecule has 0 radical (unpaired) electrons. The summed E-state index contributed by atoms with van der Waals surface area (Å²) in [5, 5.41) is 38.5. The van der Waals surface area contributed by atoms with Crippen molar-refractivity contribution >= 4 is 33.4 Å². The van der Waals surface area contributed by atoms with Gasteiger partial charge in [-0.3, -0.25) is 0 Å². The highest BCUT2D eigenvalue weighted by Crippen LogP contribution is 2.58. The first kappa shape index (κ1) is 46.3. The van der Waals surface area contributed by atoms with Crippen LogP contribution in [0.4, 0.5) is 0 Å². The van der Waals surface area contributed by atoms with Crippen molar-refractivity contribution in [2.75, 3.05) is 0 Å². The standard InChI is InChI=1S/C28H14N4.C24H18N4.2C2H6/c1-15-23-17-9-5-7-11-19(17)28(22(14-30)32-4)26(23)16(2)24-18-10-6-8-12-20(18)27(25(15)24)21(13-29)31-3;1-11-13(3)21(17(9-25)27-7)23-16(6)20-12(2)14(4)22(18(10-26)28-8)24(20)15(5)19(11)23;2*1-2/h5-12H,1-2H3;1-6H3;2*1-2H3/b27-21-,28-22+;21-17-,22-18+;;. The summed E-state index contributed by atoms with van der Waals surface area (Å²) in [6, 6.07) is 23.9. The Morgan fingerprint density at radius 3 is 0.844 bits per heavy atom. The fraction of sp³-hybridized carbons (Fsp3) is 0.214. The molecule has 4 aliphatic carbocycles. The Kier molecular flexibility index (Phi) is 13.4. The third kappa shape index (κ3) is 6.52. The second kappa shape index (κ2) is 18.5. The normalized spacial score (nSPS) is 15.7. The highest BCUT2D eigenvalue weighted by Gasteiger charge is 2.38. The lowest BCUT2D eigenvalue weighted by Gasteiger charge is -2.19. The summed E-state index contributed by atoms with van der Waals surface area (Å²) in [7, 11) is 0. The predicted molar refractivity (Wildman–Crippen MR) is 257 cm³/mol. The number of nitrogens with zero attached hydrogens (tertiary/aromatic N) is 8. The second-order valence-electron chi connectivity index (χ2n) is 14.9. The highest BCUT2D eigenvalue weighted by atomic mass is 14.7. The molecule has 308 valence electrons. The van der Waals surface area contributed by atoms with Crippen LogP contribution in [0.2, 0.25) is 0 Å². The van der Waals surface area contributed by atoms with Gasteiger partial charge >= 0.3 is 0 Å². The Labute approximate surface area is 377 Å². The van der Waals surface area contributed by atoms with Crippen LogP contribution in [0, 0.1) is 99.3 Å². The molecule has 8 nitrogen and oxygen atoms in total. The van der Waals surface area contributed by atoms with Gasteiger partial charge in [-0.15, -0.1) is 0 Å². The summed E-state index contributed by atoms with van der Waals surface area (Å²) in [5.41, 5.74) is 22.2. The first-order valence-electron chi connectivity index (χ1n) is 20.8. The summed E-state index contributed by atoms with van der Waals surface area (Å²) >= 11 is 0. The Hall–Kier alpha value is -8.76. The van der Waals surface area contributed by atoms with Gasteiger partial charge in [0, 0.05) is 22.3 Å². The van der Waals surface area contributed by atoms with Crippen LogP contribution in [0.5, 0.6) is 0 Å². The Bertz CT molecular complexity index is 3060. The number of benzene rings is 4. The van der Waals surface area contributed by atoms with E-state index >= 15 is 0 Å². The van der Waals surface area contributed by atoms with Crippen LogP contribution in [0.15, 0.2) is 82.5 Å². The number of allylic oxidation sites excluding steroid dienone is 10. The minimum Gasteiger partial charge on any atom is -0.226 e. The lowest BCUT2D eigenvalue weighted by atomic mass is 9.84. The smallest absolute Gasteiger partial charge is 0.226 e. The van der Waals surface area contributed by atoms with Gasteiger partial charge in [-0.1, -0.05) is 76.2 Å². The molecule has 0 fully saturated rings. The van der Waals surface area contributed by atoms with Crippen molar-refractivity contribution in [3.8, 4) is 46.5 Å². The van der Waals surface area contributed by atoms with Gasteiger partial charge in [0.2, 0.25) is 0 Å². The van der Waals surface area contributed by atoms with Gasteiger partial charge in [-0.25, -0.2) is 40.4 Å². The molecule has 0 N–H and O–H groups in total. The van der Waals surface area contributed by atoms with Crippen LogP contribution < -0.4 is 0 Å². The van der Waals surface area contributed by atoms with Gasteiger partial charge < -0.3 is 0 Å². The molecule has 0 unspecified atom stereocenters. The minimum atomic E-state index is 0.0690. The Morgan fingerprint density at radius 1 is 0.344 bits per heavy atom. The molecule has 0 amide bonds. The van der Waals surface area contributed by atoms with Crippen molar-refractivity contribution in [1.29, 1.82) is 21.0 Å². The number of rotatable bonds is 0. The molecule has 0 spiro atoms. The molecule has 8 heteroatoms. The number of hydrogen-bond donors (Lipinski definition) is 0. The van der Waals surface area contributed by atoms with Gasteiger partial charge in [-0.05, 0) is 167 Å². The van der Waals surface area contributed by atoms with E-state index in [0.717, 1.165) is 111 Å². The van der Waals surface area contributed by atoms with E-state index in [0.29, 0.717) is 22.3 Å². The van der Waals surface area contributed by atoms with Crippen molar-refractivity contribution in [2.24, 2.45) is 0 Å². The zero-order valence-electron chi connectivity index (χ0n) is 38.2. The van der Waals surface area contributed by atoms with E-state index in [1.807, 2.05) is 132 Å². The molecule has 8 rings (SSSR count). The maximum Gasteiger partial charge on any atom is 0.270 e. The topological polar surface area (TPSA) is 113 Å². The lowest BCUT2D eigenvalue weighted by molar-refractivity contribution is 1.29. The molecule has 0 saturated carbocycles. The van der Waals surface area contributed by atoms with Crippen molar-refractivity contribution < 1.29 is 0 Å². The zero-order valence-corrected chi connectivity index (χ0v) is 38.2. The van der Waals surface area contributed by atoms with Crippen LogP contribution >= 0.6 is 0 Å². The minimum absolute atomic E-state index is 0.0690. The van der Waals surface area contributed by atoms with Gasteiger partial charge in [0.05, 0.1) is 50.6 Å². The van der Waals surface area contributed by atoms with Crippen molar-refractivity contribution in [1.82, 2.24) is 0 Å². The van der Waals surface area contributed by atoms with Crippen LogP contribution in [-0.2, 0) is 0 Å². The Balaban J connectivity index is 0.000000226. The number of fused-ring (bicyclic) bond motifs is 8. The first-order chi connectivity index (χ1) is 30.8. The Morgan fingerprint density at radius 2 is 0.578 bits per heavy atom. The molecule has 0 aliphatic heterocycles. The fourth-order valence-electron chi connectivity index (χ4n) is 9.72. The molecular weight excluding hydrogens is 785 g/mol. The SMILES string of the molecule is CC.CC.[C-]#[N+]/C(C#N)=C1/C(C)=C(C)c2c(C)c3c(c(C)c21)C(C)=C(C)/C3=C(/C#N)[N+]#[C-].[C-]#[N+]/C(C#N)=C1/c2ccccc2-c2c(C)c3c(c(C)c21)-c1ccccc1/C3=C(/C#N)[N+]#[C-]. The van der Waals surface area contributed by atoms with Gasteiger partial charge in [0.25, 0.3) is 22.8 Å². The molecule has 4 aromatic carbocycles. The van der Waals surface area contributed by atoms with Crippen LogP contribution in [-0.4, -0.2) is 0 Å².